The number of hydrogen-bond acceptors (Lipinski definition) is 3. The Morgan fingerprint density at radius 3 is 2.39 bits per heavy atom. The second-order valence-electron chi connectivity index (χ2n) is 7.88. The lowest BCUT2D eigenvalue weighted by atomic mass is 10.0. The molecule has 2 nitrogen and oxygen atoms in total. The van der Waals surface area contributed by atoms with E-state index in [0.29, 0.717) is 5.25 Å². The summed E-state index contributed by atoms with van der Waals surface area (Å²) < 4.78 is 0. The summed E-state index contributed by atoms with van der Waals surface area (Å²) in [6, 6.07) is 26.2. The molecular weight excluding hydrogens is 443 g/mol. The zero-order valence-electron chi connectivity index (χ0n) is 17.4. The maximum Gasteiger partial charge on any atom is 0.0837 e. The summed E-state index contributed by atoms with van der Waals surface area (Å²) in [5, 5.41) is 4.69. The fourth-order valence-corrected chi connectivity index (χ4v) is 5.64. The third-order valence-electron chi connectivity index (χ3n) is 6.00. The SMILES string of the molecule is Cl.Cl.c1ccc2c(CCN3CCC(Sc4cccc5cccnc45)CC3)cccc2c1. The Kier molecular flexibility index (Phi) is 8.62. The zero-order chi connectivity index (χ0) is 19.5. The first-order valence-electron chi connectivity index (χ1n) is 10.6. The average molecular weight is 471 g/mol. The topological polar surface area (TPSA) is 16.1 Å². The summed E-state index contributed by atoms with van der Waals surface area (Å²) in [4.78, 5) is 8.59. The van der Waals surface area contributed by atoms with Crippen LogP contribution in [0.2, 0.25) is 0 Å². The molecular formula is C26H28Cl2N2S. The molecule has 2 heterocycles. The molecule has 162 valence electrons. The number of halogens is 2. The fourth-order valence-electron chi connectivity index (χ4n) is 4.39. The van der Waals surface area contributed by atoms with Crippen molar-refractivity contribution in [1.82, 2.24) is 9.88 Å². The largest absolute Gasteiger partial charge is 0.303 e. The van der Waals surface area contributed by atoms with Crippen LogP contribution in [0.1, 0.15) is 18.4 Å². The molecule has 1 aliphatic rings. The highest BCUT2D eigenvalue weighted by Crippen LogP contribution is 2.34. The van der Waals surface area contributed by atoms with Crippen LogP contribution >= 0.6 is 36.6 Å². The molecule has 0 spiro atoms. The number of nitrogens with zero attached hydrogens (tertiary/aromatic N) is 2. The van der Waals surface area contributed by atoms with Gasteiger partial charge in [0.15, 0.2) is 0 Å². The molecule has 0 radical (unpaired) electrons. The minimum absolute atomic E-state index is 0. The normalized spacial score (nSPS) is 14.8. The van der Waals surface area contributed by atoms with Crippen molar-refractivity contribution < 1.29 is 0 Å². The van der Waals surface area contributed by atoms with E-state index in [1.165, 1.54) is 52.5 Å². The first kappa shape index (κ1) is 23.9. The van der Waals surface area contributed by atoms with E-state index in [1.54, 1.807) is 0 Å². The van der Waals surface area contributed by atoms with Gasteiger partial charge in [-0.1, -0.05) is 60.7 Å². The van der Waals surface area contributed by atoms with Gasteiger partial charge in [0.05, 0.1) is 5.52 Å². The number of aromatic nitrogens is 1. The minimum atomic E-state index is 0. The molecule has 3 aromatic carbocycles. The summed E-state index contributed by atoms with van der Waals surface area (Å²) in [5.41, 5.74) is 2.62. The molecule has 0 atom stereocenters. The van der Waals surface area contributed by atoms with Crippen LogP contribution in [0.25, 0.3) is 21.7 Å². The van der Waals surface area contributed by atoms with Crippen LogP contribution in [-0.2, 0) is 6.42 Å². The number of para-hydroxylation sites is 1. The predicted molar refractivity (Wildman–Crippen MR) is 139 cm³/mol. The smallest absolute Gasteiger partial charge is 0.0837 e. The van der Waals surface area contributed by atoms with E-state index in [4.69, 9.17) is 0 Å². The maximum atomic E-state index is 4.62. The van der Waals surface area contributed by atoms with Crippen LogP contribution in [0, 0.1) is 0 Å². The molecule has 0 bridgehead atoms. The number of piperidine rings is 1. The Labute approximate surface area is 201 Å². The van der Waals surface area contributed by atoms with Gasteiger partial charge in [-0.15, -0.1) is 36.6 Å². The Morgan fingerprint density at radius 1 is 0.806 bits per heavy atom. The summed E-state index contributed by atoms with van der Waals surface area (Å²) in [6.07, 6.45) is 5.54. The molecule has 0 saturated carbocycles. The predicted octanol–water partition coefficient (Wildman–Crippen LogP) is 7.03. The second-order valence-corrected chi connectivity index (χ2v) is 9.22. The first-order valence-corrected chi connectivity index (χ1v) is 11.4. The van der Waals surface area contributed by atoms with Crippen molar-refractivity contribution in [1.29, 1.82) is 0 Å². The highest BCUT2D eigenvalue weighted by molar-refractivity contribution is 8.00. The quantitative estimate of drug-likeness (QED) is 0.311. The van der Waals surface area contributed by atoms with E-state index in [9.17, 15) is 0 Å². The fraction of sp³-hybridized carbons (Fsp3) is 0.269. The summed E-state index contributed by atoms with van der Waals surface area (Å²) in [7, 11) is 0. The van der Waals surface area contributed by atoms with Crippen LogP contribution in [0.15, 0.2) is 83.9 Å². The van der Waals surface area contributed by atoms with E-state index >= 15 is 0 Å². The van der Waals surface area contributed by atoms with Gasteiger partial charge < -0.3 is 4.90 Å². The number of rotatable bonds is 5. The molecule has 1 aliphatic heterocycles. The van der Waals surface area contributed by atoms with Gasteiger partial charge in [0.2, 0.25) is 0 Å². The van der Waals surface area contributed by atoms with Gasteiger partial charge in [-0.05, 0) is 60.8 Å². The summed E-state index contributed by atoms with van der Waals surface area (Å²) in [5.74, 6) is 0. The molecule has 5 heteroatoms. The highest BCUT2D eigenvalue weighted by Gasteiger charge is 2.21. The van der Waals surface area contributed by atoms with Crippen LogP contribution in [0.3, 0.4) is 0 Å². The van der Waals surface area contributed by atoms with E-state index in [1.807, 2.05) is 24.0 Å². The lowest BCUT2D eigenvalue weighted by Crippen LogP contribution is -2.36. The van der Waals surface area contributed by atoms with E-state index in [0.717, 1.165) is 18.5 Å². The maximum absolute atomic E-state index is 4.62. The first-order chi connectivity index (χ1) is 14.4. The number of benzene rings is 3. The molecule has 0 aliphatic carbocycles. The molecule has 1 aromatic heterocycles. The third-order valence-corrected chi connectivity index (χ3v) is 7.39. The minimum Gasteiger partial charge on any atom is -0.303 e. The average Bonchev–Trinajstić information content (AvgIpc) is 2.79. The van der Waals surface area contributed by atoms with Crippen LogP contribution in [0.4, 0.5) is 0 Å². The number of fused-ring (bicyclic) bond motifs is 2. The Morgan fingerprint density at radius 2 is 1.52 bits per heavy atom. The van der Waals surface area contributed by atoms with Gasteiger partial charge in [0, 0.05) is 28.3 Å². The number of likely N-dealkylation sites (tertiary alicyclic amines) is 1. The van der Waals surface area contributed by atoms with E-state index in [2.05, 4.69) is 76.6 Å². The van der Waals surface area contributed by atoms with Crippen molar-refractivity contribution in [2.24, 2.45) is 0 Å². The molecule has 0 N–H and O–H groups in total. The van der Waals surface area contributed by atoms with Crippen LogP contribution in [-0.4, -0.2) is 34.8 Å². The lowest BCUT2D eigenvalue weighted by Gasteiger charge is -2.31. The van der Waals surface area contributed by atoms with Crippen molar-refractivity contribution in [2.45, 2.75) is 29.4 Å². The Hall–Kier alpha value is -1.78. The van der Waals surface area contributed by atoms with Gasteiger partial charge in [-0.2, -0.15) is 0 Å². The highest BCUT2D eigenvalue weighted by atomic mass is 35.5. The van der Waals surface area contributed by atoms with Gasteiger partial charge in [0.1, 0.15) is 0 Å². The third kappa shape index (κ3) is 5.53. The summed E-state index contributed by atoms with van der Waals surface area (Å²) >= 11 is 2.02. The molecule has 31 heavy (non-hydrogen) atoms. The second kappa shape index (κ2) is 11.2. The van der Waals surface area contributed by atoms with Crippen molar-refractivity contribution in [3.63, 3.8) is 0 Å². The van der Waals surface area contributed by atoms with Crippen molar-refractivity contribution >= 4 is 58.3 Å². The molecule has 1 saturated heterocycles. The molecule has 0 amide bonds. The van der Waals surface area contributed by atoms with Crippen molar-refractivity contribution in [2.75, 3.05) is 19.6 Å². The monoisotopic (exact) mass is 470 g/mol. The van der Waals surface area contributed by atoms with Crippen molar-refractivity contribution in [3.05, 3.63) is 84.6 Å². The van der Waals surface area contributed by atoms with Gasteiger partial charge in [0.25, 0.3) is 0 Å². The van der Waals surface area contributed by atoms with Crippen molar-refractivity contribution in [3.8, 4) is 0 Å². The molecule has 1 fully saturated rings. The molecule has 0 unspecified atom stereocenters. The lowest BCUT2D eigenvalue weighted by molar-refractivity contribution is 0.235. The van der Waals surface area contributed by atoms with Gasteiger partial charge in [-0.3, -0.25) is 4.98 Å². The van der Waals surface area contributed by atoms with Gasteiger partial charge in [-0.25, -0.2) is 0 Å². The Balaban J connectivity index is 0.00000136. The van der Waals surface area contributed by atoms with E-state index in [-0.39, 0.29) is 24.8 Å². The van der Waals surface area contributed by atoms with E-state index < -0.39 is 0 Å². The summed E-state index contributed by atoms with van der Waals surface area (Å²) in [6.45, 7) is 3.54. The Bertz CT molecular complexity index is 1120. The number of pyridine rings is 1. The number of hydrogen-bond donors (Lipinski definition) is 0. The molecule has 4 aromatic rings. The van der Waals surface area contributed by atoms with Crippen LogP contribution < -0.4 is 0 Å². The van der Waals surface area contributed by atoms with Crippen LogP contribution in [0.5, 0.6) is 0 Å². The molecule has 5 rings (SSSR count). The number of thioether (sulfide) groups is 1. The van der Waals surface area contributed by atoms with Gasteiger partial charge >= 0.3 is 0 Å². The zero-order valence-corrected chi connectivity index (χ0v) is 19.9. The standard InChI is InChI=1S/C26H26N2S.2ClH/c1-2-11-24-20(6-1)7-3-8-21(24)13-17-28-18-14-23(15-19-28)29-25-12-4-9-22-10-5-16-27-26(22)25;;/h1-12,16,23H,13-15,17-19H2;2*1H.